The van der Waals surface area contributed by atoms with Crippen LogP contribution in [0.4, 0.5) is 0 Å². The van der Waals surface area contributed by atoms with E-state index in [1.165, 1.54) is 19.9 Å². The number of aromatic nitrogens is 2. The predicted molar refractivity (Wildman–Crippen MR) is 111 cm³/mol. The lowest BCUT2D eigenvalue weighted by Gasteiger charge is -2.17. The zero-order chi connectivity index (χ0) is 19.8. The van der Waals surface area contributed by atoms with Crippen LogP contribution in [-0.4, -0.2) is 27.3 Å². The molecule has 1 aromatic carbocycles. The second-order valence-electron chi connectivity index (χ2n) is 6.53. The van der Waals surface area contributed by atoms with Crippen molar-refractivity contribution >= 4 is 34.0 Å². The first kappa shape index (κ1) is 20.8. The van der Waals surface area contributed by atoms with Gasteiger partial charge in [-0.1, -0.05) is 51.3 Å². The minimum Gasteiger partial charge on any atom is -0.361 e. The number of hydrogen-bond acceptors (Lipinski definition) is 4. The van der Waals surface area contributed by atoms with Crippen LogP contribution < -0.4 is 21.7 Å². The van der Waals surface area contributed by atoms with Gasteiger partial charge in [0.1, 0.15) is 0 Å². The Morgan fingerprint density at radius 3 is 2.59 bits per heavy atom. The summed E-state index contributed by atoms with van der Waals surface area (Å²) in [7, 11) is 1.52. The third-order valence-corrected chi connectivity index (χ3v) is 4.80. The molecule has 146 valence electrons. The van der Waals surface area contributed by atoms with Gasteiger partial charge in [-0.15, -0.1) is 0 Å². The van der Waals surface area contributed by atoms with Gasteiger partial charge in [0.25, 0.3) is 11.5 Å². The second kappa shape index (κ2) is 10.0. The topological polar surface area (TPSA) is 88.0 Å². The van der Waals surface area contributed by atoms with Crippen LogP contribution in [-0.2, 0) is 7.05 Å². The van der Waals surface area contributed by atoms with Crippen molar-refractivity contribution in [3.8, 4) is 0 Å². The van der Waals surface area contributed by atoms with Gasteiger partial charge in [0.15, 0.2) is 10.8 Å². The summed E-state index contributed by atoms with van der Waals surface area (Å²) in [5.74, 6) is 0.0960. The van der Waals surface area contributed by atoms with Crippen LogP contribution in [0.2, 0.25) is 0 Å². The van der Waals surface area contributed by atoms with E-state index in [-0.39, 0.29) is 11.3 Å². The van der Waals surface area contributed by atoms with Crippen LogP contribution in [0.5, 0.6) is 0 Å². The van der Waals surface area contributed by atoms with Gasteiger partial charge in [0.05, 0.1) is 5.39 Å². The van der Waals surface area contributed by atoms with Crippen molar-refractivity contribution in [3.05, 3.63) is 40.3 Å². The molecule has 1 amide bonds. The maximum Gasteiger partial charge on any atom is 0.290 e. The normalized spacial score (nSPS) is 11.8. The molecule has 0 saturated carbocycles. The van der Waals surface area contributed by atoms with E-state index in [2.05, 4.69) is 35.1 Å². The number of carbonyl (C=O) groups excluding carboxylic acids is 1. The largest absolute Gasteiger partial charge is 0.361 e. The molecule has 1 aromatic heterocycles. The molecule has 0 bridgehead atoms. The van der Waals surface area contributed by atoms with Gasteiger partial charge in [0, 0.05) is 19.0 Å². The Hall–Kier alpha value is -2.48. The SMILES string of the molecule is CCCC[C@H](CC)CNC(=S)NNC(=O)c1nn(C)c(=O)c2ccccc12. The van der Waals surface area contributed by atoms with Gasteiger partial charge < -0.3 is 5.32 Å². The van der Waals surface area contributed by atoms with E-state index in [9.17, 15) is 9.59 Å². The number of hydrogen-bond donors (Lipinski definition) is 3. The Bertz CT molecular complexity index is 865. The van der Waals surface area contributed by atoms with Crippen molar-refractivity contribution in [3.63, 3.8) is 0 Å². The molecule has 0 fully saturated rings. The third-order valence-electron chi connectivity index (χ3n) is 4.56. The molecule has 1 heterocycles. The van der Waals surface area contributed by atoms with Gasteiger partial charge in [-0.3, -0.25) is 20.4 Å². The van der Waals surface area contributed by atoms with Gasteiger partial charge in [-0.2, -0.15) is 5.10 Å². The maximum atomic E-state index is 12.5. The predicted octanol–water partition coefficient (Wildman–Crippen LogP) is 2.26. The van der Waals surface area contributed by atoms with Gasteiger partial charge in [-0.05, 0) is 30.6 Å². The van der Waals surface area contributed by atoms with E-state index in [1.807, 2.05) is 0 Å². The summed E-state index contributed by atoms with van der Waals surface area (Å²) in [6.07, 6.45) is 4.61. The zero-order valence-corrected chi connectivity index (χ0v) is 16.9. The number of nitrogens with zero attached hydrogens (tertiary/aromatic N) is 2. The first-order valence-electron chi connectivity index (χ1n) is 9.28. The first-order chi connectivity index (χ1) is 13.0. The average molecular weight is 390 g/mol. The van der Waals surface area contributed by atoms with Gasteiger partial charge in [-0.25, -0.2) is 4.68 Å². The van der Waals surface area contributed by atoms with Crippen molar-refractivity contribution in [2.45, 2.75) is 39.5 Å². The number of amides is 1. The molecule has 2 rings (SSSR count). The van der Waals surface area contributed by atoms with E-state index < -0.39 is 5.91 Å². The van der Waals surface area contributed by atoms with Crippen LogP contribution in [0.25, 0.3) is 10.8 Å². The number of aryl methyl sites for hydroxylation is 1. The molecule has 0 unspecified atom stereocenters. The Kier molecular flexibility index (Phi) is 7.72. The Morgan fingerprint density at radius 1 is 1.22 bits per heavy atom. The van der Waals surface area contributed by atoms with Crippen LogP contribution in [0.15, 0.2) is 29.1 Å². The third kappa shape index (κ3) is 5.50. The van der Waals surface area contributed by atoms with Crippen molar-refractivity contribution in [1.29, 1.82) is 0 Å². The zero-order valence-electron chi connectivity index (χ0n) is 16.0. The Labute approximate surface area is 164 Å². The fraction of sp³-hybridized carbons (Fsp3) is 0.474. The van der Waals surface area contributed by atoms with E-state index in [4.69, 9.17) is 12.2 Å². The van der Waals surface area contributed by atoms with E-state index in [1.54, 1.807) is 24.3 Å². The summed E-state index contributed by atoms with van der Waals surface area (Å²) in [5, 5.41) is 8.53. The Balaban J connectivity index is 1.98. The quantitative estimate of drug-likeness (QED) is 0.497. The van der Waals surface area contributed by atoms with Crippen LogP contribution >= 0.6 is 12.2 Å². The lowest BCUT2D eigenvalue weighted by molar-refractivity contribution is 0.0938. The molecule has 27 heavy (non-hydrogen) atoms. The summed E-state index contributed by atoms with van der Waals surface area (Å²) in [4.78, 5) is 24.7. The van der Waals surface area contributed by atoms with Crippen molar-refractivity contribution < 1.29 is 4.79 Å². The Morgan fingerprint density at radius 2 is 1.93 bits per heavy atom. The maximum absolute atomic E-state index is 12.5. The standard InChI is InChI=1S/C19H27N5O2S/c1-4-6-9-13(5-2)12-20-19(27)22-21-17(25)16-14-10-7-8-11-15(14)18(26)24(3)23-16/h7-8,10-11,13H,4-6,9,12H2,1-3H3,(H,21,25)(H2,20,22,27)/t13-/m0/s1. The minimum atomic E-state index is -0.455. The molecule has 0 radical (unpaired) electrons. The molecule has 0 aliphatic rings. The monoisotopic (exact) mass is 389 g/mol. The molecule has 0 aliphatic carbocycles. The molecule has 2 aromatic rings. The number of fused-ring (bicyclic) bond motifs is 1. The van der Waals surface area contributed by atoms with Crippen LogP contribution in [0, 0.1) is 5.92 Å². The number of unbranched alkanes of at least 4 members (excludes halogenated alkanes) is 1. The molecule has 0 saturated heterocycles. The van der Waals surface area contributed by atoms with Crippen molar-refractivity contribution in [1.82, 2.24) is 25.9 Å². The molecular weight excluding hydrogens is 362 g/mol. The minimum absolute atomic E-state index is 0.164. The molecule has 7 nitrogen and oxygen atoms in total. The summed E-state index contributed by atoms with van der Waals surface area (Å²) < 4.78 is 1.16. The van der Waals surface area contributed by atoms with E-state index in [0.29, 0.717) is 21.8 Å². The van der Waals surface area contributed by atoms with Crippen LogP contribution in [0.1, 0.15) is 50.0 Å². The molecule has 3 N–H and O–H groups in total. The summed E-state index contributed by atoms with van der Waals surface area (Å²) in [6.45, 7) is 5.11. The molecule has 0 aliphatic heterocycles. The number of benzene rings is 1. The number of thiocarbonyl (C=S) groups is 1. The lowest BCUT2D eigenvalue weighted by Crippen LogP contribution is -2.48. The fourth-order valence-corrected chi connectivity index (χ4v) is 3.00. The summed E-state index contributed by atoms with van der Waals surface area (Å²) in [5.41, 5.74) is 5.18. The first-order valence-corrected chi connectivity index (χ1v) is 9.68. The number of hydrazine groups is 1. The lowest BCUT2D eigenvalue weighted by atomic mass is 9.99. The average Bonchev–Trinajstić information content (AvgIpc) is 2.69. The summed E-state index contributed by atoms with van der Waals surface area (Å²) >= 11 is 5.23. The molecular formula is C19H27N5O2S. The highest BCUT2D eigenvalue weighted by atomic mass is 32.1. The summed E-state index contributed by atoms with van der Waals surface area (Å²) in [6, 6.07) is 6.90. The molecule has 1 atom stereocenters. The van der Waals surface area contributed by atoms with E-state index >= 15 is 0 Å². The molecule has 8 heteroatoms. The van der Waals surface area contributed by atoms with Gasteiger partial charge in [0.2, 0.25) is 0 Å². The number of rotatable bonds is 7. The molecule has 0 spiro atoms. The van der Waals surface area contributed by atoms with Crippen molar-refractivity contribution in [2.75, 3.05) is 6.54 Å². The van der Waals surface area contributed by atoms with Crippen LogP contribution in [0.3, 0.4) is 0 Å². The van der Waals surface area contributed by atoms with Gasteiger partial charge >= 0.3 is 0 Å². The smallest absolute Gasteiger partial charge is 0.290 e. The highest BCUT2D eigenvalue weighted by Gasteiger charge is 2.15. The second-order valence-corrected chi connectivity index (χ2v) is 6.94. The number of nitrogens with one attached hydrogen (secondary N) is 3. The van der Waals surface area contributed by atoms with E-state index in [0.717, 1.165) is 24.1 Å². The fourth-order valence-electron chi connectivity index (χ4n) is 2.86. The number of carbonyl (C=O) groups is 1. The highest BCUT2D eigenvalue weighted by molar-refractivity contribution is 7.80. The highest BCUT2D eigenvalue weighted by Crippen LogP contribution is 2.13. The van der Waals surface area contributed by atoms with Crippen molar-refractivity contribution in [2.24, 2.45) is 13.0 Å².